The molecule has 8 aliphatic carbocycles. The molecule has 2 heteroatoms. The van der Waals surface area contributed by atoms with Gasteiger partial charge in [0.2, 0.25) is 0 Å². The van der Waals surface area contributed by atoms with Crippen molar-refractivity contribution in [2.45, 2.75) is 51.4 Å². The molecule has 110 valence electrons. The van der Waals surface area contributed by atoms with Crippen LogP contribution in [0.25, 0.3) is 0 Å². The lowest BCUT2D eigenvalue weighted by Gasteiger charge is -2.50. The van der Waals surface area contributed by atoms with Gasteiger partial charge in [0.1, 0.15) is 11.6 Å². The van der Waals surface area contributed by atoms with E-state index in [2.05, 4.69) is 0 Å². The summed E-state index contributed by atoms with van der Waals surface area (Å²) >= 11 is 0. The lowest BCUT2D eigenvalue weighted by atomic mass is 9.50. The molecule has 8 fully saturated rings. The molecule has 0 aromatic heterocycles. The first-order chi connectivity index (χ1) is 10.2. The zero-order valence-electron chi connectivity index (χ0n) is 12.4. The Kier molecular flexibility index (Phi) is 1.40. The third kappa shape index (κ3) is 0.653. The summed E-state index contributed by atoms with van der Waals surface area (Å²) in [6, 6.07) is 0. The molecule has 8 atom stereocenters. The summed E-state index contributed by atoms with van der Waals surface area (Å²) in [4.78, 5) is 26.8. The van der Waals surface area contributed by atoms with Crippen molar-refractivity contribution in [1.29, 1.82) is 0 Å². The Labute approximate surface area is 125 Å². The van der Waals surface area contributed by atoms with Gasteiger partial charge in [-0.1, -0.05) is 25.7 Å². The van der Waals surface area contributed by atoms with Crippen molar-refractivity contribution in [1.82, 2.24) is 0 Å². The highest BCUT2D eigenvalue weighted by Gasteiger charge is 2.99. The van der Waals surface area contributed by atoms with Gasteiger partial charge in [-0.05, 0) is 54.8 Å². The minimum absolute atomic E-state index is 0.129. The lowest BCUT2D eigenvalue weighted by Crippen LogP contribution is -2.50. The average Bonchev–Trinajstić information content (AvgIpc) is 3.29. The monoisotopic (exact) mass is 282 g/mol. The van der Waals surface area contributed by atoms with E-state index < -0.39 is 0 Å². The van der Waals surface area contributed by atoms with Gasteiger partial charge >= 0.3 is 0 Å². The number of hydrogen-bond acceptors (Lipinski definition) is 2. The Morgan fingerprint density at radius 1 is 0.619 bits per heavy atom. The fraction of sp³-hybridized carbons (Fsp3) is 0.895. The molecule has 0 N–H and O–H groups in total. The molecule has 0 amide bonds. The smallest absolute Gasteiger partial charge is 0.144 e. The van der Waals surface area contributed by atoms with Crippen LogP contribution in [-0.4, -0.2) is 11.6 Å². The van der Waals surface area contributed by atoms with Gasteiger partial charge < -0.3 is 0 Å². The van der Waals surface area contributed by atoms with E-state index in [0.29, 0.717) is 52.5 Å². The van der Waals surface area contributed by atoms with E-state index in [9.17, 15) is 9.59 Å². The Morgan fingerprint density at radius 3 is 1.52 bits per heavy atom. The van der Waals surface area contributed by atoms with Gasteiger partial charge in [-0.25, -0.2) is 0 Å². The molecule has 0 aromatic rings. The number of Topliss-reactive ketones (excluding diaryl/α,β-unsaturated/α-hetero) is 2. The summed E-state index contributed by atoms with van der Waals surface area (Å²) in [6.07, 6.45) is 9.95. The van der Waals surface area contributed by atoms with Gasteiger partial charge in [-0.3, -0.25) is 9.59 Å². The van der Waals surface area contributed by atoms with Crippen LogP contribution in [0.4, 0.5) is 0 Å². The van der Waals surface area contributed by atoms with E-state index in [-0.39, 0.29) is 10.8 Å². The molecule has 8 rings (SSSR count). The molecule has 0 radical (unpaired) electrons. The summed E-state index contributed by atoms with van der Waals surface area (Å²) < 4.78 is 0. The number of carbonyl (C=O) groups excluding carboxylic acids is 2. The summed E-state index contributed by atoms with van der Waals surface area (Å²) in [6.45, 7) is 0. The quantitative estimate of drug-likeness (QED) is 0.684. The van der Waals surface area contributed by atoms with Crippen LogP contribution in [0.2, 0.25) is 0 Å². The highest BCUT2D eigenvalue weighted by atomic mass is 16.1. The van der Waals surface area contributed by atoms with Crippen molar-refractivity contribution in [2.75, 3.05) is 0 Å². The van der Waals surface area contributed by atoms with Gasteiger partial charge in [0.25, 0.3) is 0 Å². The second kappa shape index (κ2) is 2.67. The molecule has 0 aliphatic heterocycles. The maximum Gasteiger partial charge on any atom is 0.144 e. The number of carbonyl (C=O) groups is 2. The predicted molar refractivity (Wildman–Crippen MR) is 75.2 cm³/mol. The molecule has 6 bridgehead atoms. The number of ketones is 2. The Hall–Kier alpha value is -0.660. The first-order valence-electron chi connectivity index (χ1n) is 9.30. The highest BCUT2D eigenvalue weighted by Crippen LogP contribution is 2.96. The van der Waals surface area contributed by atoms with Crippen LogP contribution in [0.15, 0.2) is 0 Å². The fourth-order valence-corrected chi connectivity index (χ4v) is 10.4. The zero-order valence-corrected chi connectivity index (χ0v) is 12.4. The van der Waals surface area contributed by atoms with Crippen LogP contribution < -0.4 is 0 Å². The summed E-state index contributed by atoms with van der Waals surface area (Å²) in [5, 5.41) is 0. The SMILES string of the molecule is O=C1[C@H]2[C@H]3[C@@H]4[C@H]5C(=O)[C@]6(CCCC[C@@]146)[C@@H]2[C@H]5C31CCCC1. The van der Waals surface area contributed by atoms with Gasteiger partial charge in [0.15, 0.2) is 0 Å². The molecule has 21 heavy (non-hydrogen) atoms. The molecule has 8 aliphatic rings. The van der Waals surface area contributed by atoms with Crippen LogP contribution >= 0.6 is 0 Å². The molecule has 3 spiro atoms. The minimum atomic E-state index is -0.129. The van der Waals surface area contributed by atoms with Crippen molar-refractivity contribution < 1.29 is 9.59 Å². The topological polar surface area (TPSA) is 34.1 Å². The number of hydrogen-bond donors (Lipinski definition) is 0. The molecule has 0 heterocycles. The van der Waals surface area contributed by atoms with Gasteiger partial charge in [0, 0.05) is 22.7 Å². The molecule has 2 nitrogen and oxygen atoms in total. The largest absolute Gasteiger partial charge is 0.299 e. The predicted octanol–water partition coefficient (Wildman–Crippen LogP) is 3.00. The van der Waals surface area contributed by atoms with Crippen molar-refractivity contribution >= 4 is 11.6 Å². The molecule has 0 saturated heterocycles. The first kappa shape index (κ1) is 11.0. The summed E-state index contributed by atoms with van der Waals surface area (Å²) in [5.74, 6) is 4.17. The highest BCUT2D eigenvalue weighted by molar-refractivity contribution is 6.11. The summed E-state index contributed by atoms with van der Waals surface area (Å²) in [5.41, 5.74) is 0.186. The second-order valence-electron chi connectivity index (χ2n) is 9.47. The molecular weight excluding hydrogens is 260 g/mol. The first-order valence-corrected chi connectivity index (χ1v) is 9.30. The maximum absolute atomic E-state index is 13.4. The fourth-order valence-electron chi connectivity index (χ4n) is 10.4. The van der Waals surface area contributed by atoms with E-state index in [1.165, 1.54) is 38.5 Å². The van der Waals surface area contributed by atoms with Gasteiger partial charge in [-0.15, -0.1) is 0 Å². The maximum atomic E-state index is 13.4. The Bertz CT molecular complexity index is 594. The van der Waals surface area contributed by atoms with Crippen LogP contribution in [0.3, 0.4) is 0 Å². The molecular formula is C19H22O2. The van der Waals surface area contributed by atoms with Crippen LogP contribution in [0, 0.1) is 51.8 Å². The minimum Gasteiger partial charge on any atom is -0.299 e. The average molecular weight is 282 g/mol. The standard InChI is InChI=1S/C19H22O2/c20-15-10-11-13-9-12(17(11)5-1-2-6-17)14(10)19(16(9)21)8-4-3-7-18(13,15)19/h9-14H,1-8H2/t9-,10-,11-,12-,13-,14-,18-,19-/m0/s1. The van der Waals surface area contributed by atoms with E-state index in [1.807, 2.05) is 0 Å². The van der Waals surface area contributed by atoms with Crippen molar-refractivity contribution in [3.05, 3.63) is 0 Å². The van der Waals surface area contributed by atoms with Crippen LogP contribution in [-0.2, 0) is 9.59 Å². The van der Waals surface area contributed by atoms with E-state index >= 15 is 0 Å². The van der Waals surface area contributed by atoms with E-state index in [1.54, 1.807) is 0 Å². The van der Waals surface area contributed by atoms with E-state index in [0.717, 1.165) is 12.8 Å². The number of rotatable bonds is 0. The third-order valence-electron chi connectivity index (χ3n) is 9.99. The third-order valence-corrected chi connectivity index (χ3v) is 9.99. The van der Waals surface area contributed by atoms with Crippen molar-refractivity contribution in [2.24, 2.45) is 51.8 Å². The van der Waals surface area contributed by atoms with Crippen molar-refractivity contribution in [3.63, 3.8) is 0 Å². The molecule has 0 unspecified atom stereocenters. The van der Waals surface area contributed by atoms with E-state index in [4.69, 9.17) is 0 Å². The molecule has 0 aromatic carbocycles. The Morgan fingerprint density at radius 2 is 1.05 bits per heavy atom. The Balaban J connectivity index is 1.60. The van der Waals surface area contributed by atoms with Crippen molar-refractivity contribution in [3.8, 4) is 0 Å². The lowest BCUT2D eigenvalue weighted by molar-refractivity contribution is -0.141. The zero-order chi connectivity index (χ0) is 13.8. The van der Waals surface area contributed by atoms with Gasteiger partial charge in [-0.2, -0.15) is 0 Å². The van der Waals surface area contributed by atoms with Crippen LogP contribution in [0.1, 0.15) is 51.4 Å². The molecule has 8 saturated carbocycles. The van der Waals surface area contributed by atoms with Gasteiger partial charge in [0.05, 0.1) is 0 Å². The summed E-state index contributed by atoms with van der Waals surface area (Å²) in [7, 11) is 0. The normalized spacial score (nSPS) is 66.5. The van der Waals surface area contributed by atoms with Crippen LogP contribution in [0.5, 0.6) is 0 Å². The second-order valence-corrected chi connectivity index (χ2v) is 9.47.